The number of benzene rings is 1. The molecule has 2 aromatic rings. The molecule has 0 aliphatic carbocycles. The monoisotopic (exact) mass is 377 g/mol. The van der Waals surface area contributed by atoms with Crippen LogP contribution in [0.15, 0.2) is 28.8 Å². The average molecular weight is 377 g/mol. The van der Waals surface area contributed by atoms with Crippen LogP contribution in [0.25, 0.3) is 0 Å². The standard InChI is InChI=1S/C18H23N3O4S/c1-13(2)17-19-16(20-25-17)12-26(23,24)11-14-5-7-15(8-6-14)18(22)21-9-3-4-10-21/h5-8,13H,3-4,9-12H2,1-2H3. The summed E-state index contributed by atoms with van der Waals surface area (Å²) in [5.74, 6) is 0.271. The molecule has 0 N–H and O–H groups in total. The molecule has 0 saturated carbocycles. The molecule has 8 heteroatoms. The smallest absolute Gasteiger partial charge is 0.253 e. The first-order chi connectivity index (χ1) is 12.3. The van der Waals surface area contributed by atoms with Crippen molar-refractivity contribution in [2.45, 2.75) is 44.1 Å². The van der Waals surface area contributed by atoms with Crippen molar-refractivity contribution < 1.29 is 17.7 Å². The lowest BCUT2D eigenvalue weighted by atomic mass is 10.1. The van der Waals surface area contributed by atoms with Gasteiger partial charge in [0.05, 0.1) is 5.75 Å². The second-order valence-corrected chi connectivity index (χ2v) is 9.00. The second-order valence-electron chi connectivity index (χ2n) is 6.93. The minimum Gasteiger partial charge on any atom is -0.339 e. The van der Waals surface area contributed by atoms with Crippen LogP contribution in [0.2, 0.25) is 0 Å². The van der Waals surface area contributed by atoms with Crippen LogP contribution >= 0.6 is 0 Å². The van der Waals surface area contributed by atoms with Crippen molar-refractivity contribution in [1.82, 2.24) is 15.0 Å². The molecular formula is C18H23N3O4S. The molecular weight excluding hydrogens is 354 g/mol. The van der Waals surface area contributed by atoms with Crippen molar-refractivity contribution in [3.05, 3.63) is 47.1 Å². The predicted octanol–water partition coefficient (Wildman–Crippen LogP) is 2.54. The van der Waals surface area contributed by atoms with Gasteiger partial charge in [-0.3, -0.25) is 4.79 Å². The fraction of sp³-hybridized carbons (Fsp3) is 0.500. The topological polar surface area (TPSA) is 93.4 Å². The fourth-order valence-corrected chi connectivity index (χ4v) is 4.22. The van der Waals surface area contributed by atoms with Gasteiger partial charge in [-0.15, -0.1) is 0 Å². The Morgan fingerprint density at radius 2 is 1.81 bits per heavy atom. The minimum absolute atomic E-state index is 0.00455. The van der Waals surface area contributed by atoms with Crippen molar-refractivity contribution in [3.63, 3.8) is 0 Å². The van der Waals surface area contributed by atoms with Gasteiger partial charge >= 0.3 is 0 Å². The van der Waals surface area contributed by atoms with Crippen LogP contribution in [0.1, 0.15) is 60.2 Å². The largest absolute Gasteiger partial charge is 0.339 e. The minimum atomic E-state index is -3.43. The molecule has 0 bridgehead atoms. The van der Waals surface area contributed by atoms with Gasteiger partial charge in [0.15, 0.2) is 15.7 Å². The molecule has 1 aliphatic rings. The van der Waals surface area contributed by atoms with Crippen molar-refractivity contribution in [1.29, 1.82) is 0 Å². The summed E-state index contributed by atoms with van der Waals surface area (Å²) in [6.07, 6.45) is 2.08. The highest BCUT2D eigenvalue weighted by atomic mass is 32.2. The van der Waals surface area contributed by atoms with E-state index in [1.165, 1.54) is 0 Å². The molecule has 7 nitrogen and oxygen atoms in total. The number of amides is 1. The Labute approximate surface area is 153 Å². The van der Waals surface area contributed by atoms with Crippen LogP contribution in [-0.2, 0) is 21.3 Å². The van der Waals surface area contributed by atoms with Gasteiger partial charge in [-0.1, -0.05) is 31.1 Å². The van der Waals surface area contributed by atoms with Gasteiger partial charge in [-0.05, 0) is 30.5 Å². The Bertz CT molecular complexity index is 866. The highest BCUT2D eigenvalue weighted by molar-refractivity contribution is 7.89. The number of aromatic nitrogens is 2. The van der Waals surface area contributed by atoms with E-state index >= 15 is 0 Å². The van der Waals surface area contributed by atoms with Crippen molar-refractivity contribution >= 4 is 15.7 Å². The fourth-order valence-electron chi connectivity index (χ4n) is 2.91. The van der Waals surface area contributed by atoms with E-state index in [2.05, 4.69) is 10.1 Å². The molecule has 1 aliphatic heterocycles. The number of hydrogen-bond donors (Lipinski definition) is 0. The normalized spacial score (nSPS) is 15.0. The number of sulfone groups is 1. The quantitative estimate of drug-likeness (QED) is 0.768. The Balaban J connectivity index is 1.64. The Morgan fingerprint density at radius 1 is 1.15 bits per heavy atom. The van der Waals surface area contributed by atoms with Gasteiger partial charge in [0, 0.05) is 24.6 Å². The molecule has 1 fully saturated rings. The van der Waals surface area contributed by atoms with Crippen LogP contribution in [0, 0.1) is 0 Å². The van der Waals surface area contributed by atoms with Crippen molar-refractivity contribution in [2.75, 3.05) is 13.1 Å². The van der Waals surface area contributed by atoms with Gasteiger partial charge in [0.1, 0.15) is 5.75 Å². The van der Waals surface area contributed by atoms with Gasteiger partial charge < -0.3 is 9.42 Å². The van der Waals surface area contributed by atoms with E-state index in [9.17, 15) is 13.2 Å². The number of hydrogen-bond acceptors (Lipinski definition) is 6. The molecule has 1 aromatic carbocycles. The SMILES string of the molecule is CC(C)c1nc(CS(=O)(=O)Cc2ccc(C(=O)N3CCCC3)cc2)no1. The first kappa shape index (κ1) is 18.6. The van der Waals surface area contributed by atoms with Crippen LogP contribution in [0.4, 0.5) is 0 Å². The molecule has 0 spiro atoms. The van der Waals surface area contributed by atoms with Gasteiger partial charge in [-0.2, -0.15) is 4.98 Å². The number of carbonyl (C=O) groups is 1. The molecule has 1 aromatic heterocycles. The summed E-state index contributed by atoms with van der Waals surface area (Å²) in [4.78, 5) is 18.3. The summed E-state index contributed by atoms with van der Waals surface area (Å²) < 4.78 is 29.8. The number of carbonyl (C=O) groups excluding carboxylic acids is 1. The third-order valence-corrected chi connectivity index (χ3v) is 5.78. The van der Waals surface area contributed by atoms with Crippen LogP contribution in [0.5, 0.6) is 0 Å². The van der Waals surface area contributed by atoms with Gasteiger partial charge in [-0.25, -0.2) is 8.42 Å². The average Bonchev–Trinajstić information content (AvgIpc) is 3.25. The Kier molecular flexibility index (Phi) is 5.41. The van der Waals surface area contributed by atoms with Crippen LogP contribution in [0.3, 0.4) is 0 Å². The summed E-state index contributed by atoms with van der Waals surface area (Å²) in [5.41, 5.74) is 1.23. The summed E-state index contributed by atoms with van der Waals surface area (Å²) in [6.45, 7) is 5.38. The summed E-state index contributed by atoms with van der Waals surface area (Å²) >= 11 is 0. The molecule has 0 atom stereocenters. The maximum absolute atomic E-state index is 12.4. The molecule has 26 heavy (non-hydrogen) atoms. The van der Waals surface area contributed by atoms with Crippen LogP contribution in [-0.4, -0.2) is 42.5 Å². The lowest BCUT2D eigenvalue weighted by Crippen LogP contribution is -2.27. The van der Waals surface area contributed by atoms with Crippen molar-refractivity contribution in [3.8, 4) is 0 Å². The molecule has 0 radical (unpaired) electrons. The molecule has 0 unspecified atom stereocenters. The van der Waals surface area contributed by atoms with Crippen molar-refractivity contribution in [2.24, 2.45) is 0 Å². The molecule has 140 valence electrons. The highest BCUT2D eigenvalue weighted by Crippen LogP contribution is 2.17. The van der Waals surface area contributed by atoms with Gasteiger partial charge in [0.2, 0.25) is 5.89 Å². The number of rotatable bonds is 6. The lowest BCUT2D eigenvalue weighted by molar-refractivity contribution is 0.0793. The third kappa shape index (κ3) is 4.49. The Hall–Kier alpha value is -2.22. The molecule has 1 saturated heterocycles. The third-order valence-electron chi connectivity index (χ3n) is 4.31. The lowest BCUT2D eigenvalue weighted by Gasteiger charge is -2.15. The first-order valence-corrected chi connectivity index (χ1v) is 10.6. The Morgan fingerprint density at radius 3 is 2.38 bits per heavy atom. The highest BCUT2D eigenvalue weighted by Gasteiger charge is 2.21. The maximum atomic E-state index is 12.4. The van der Waals surface area contributed by atoms with Crippen LogP contribution < -0.4 is 0 Å². The summed E-state index contributed by atoms with van der Waals surface area (Å²) in [5, 5.41) is 3.73. The van der Waals surface area contributed by atoms with E-state index in [0.29, 0.717) is 17.0 Å². The van der Waals surface area contributed by atoms with E-state index in [1.807, 2.05) is 18.7 Å². The molecule has 1 amide bonds. The maximum Gasteiger partial charge on any atom is 0.253 e. The first-order valence-electron chi connectivity index (χ1n) is 8.75. The second kappa shape index (κ2) is 7.57. The number of nitrogens with zero attached hydrogens (tertiary/aromatic N) is 3. The zero-order valence-corrected chi connectivity index (χ0v) is 15.8. The van der Waals surface area contributed by atoms with E-state index in [1.54, 1.807) is 24.3 Å². The van der Waals surface area contributed by atoms with E-state index < -0.39 is 9.84 Å². The van der Waals surface area contributed by atoms with Gasteiger partial charge in [0.25, 0.3) is 5.91 Å². The summed E-state index contributed by atoms with van der Waals surface area (Å²) in [6, 6.07) is 6.76. The number of likely N-dealkylation sites (tertiary alicyclic amines) is 1. The zero-order chi connectivity index (χ0) is 18.7. The van der Waals surface area contributed by atoms with E-state index in [4.69, 9.17) is 4.52 Å². The van der Waals surface area contributed by atoms with E-state index in [0.717, 1.165) is 25.9 Å². The van der Waals surface area contributed by atoms with E-state index in [-0.39, 0.29) is 29.2 Å². The predicted molar refractivity (Wildman–Crippen MR) is 96.3 cm³/mol. The molecule has 2 heterocycles. The summed E-state index contributed by atoms with van der Waals surface area (Å²) in [7, 11) is -3.43. The zero-order valence-electron chi connectivity index (χ0n) is 15.0. The molecule has 3 rings (SSSR count).